The number of imidazole rings is 1. The first-order chi connectivity index (χ1) is 13.8. The molecule has 160 valence electrons. The van der Waals surface area contributed by atoms with E-state index in [0.29, 0.717) is 36.2 Å². The van der Waals surface area contributed by atoms with E-state index in [0.717, 1.165) is 19.5 Å². The van der Waals surface area contributed by atoms with Crippen LogP contribution in [0.3, 0.4) is 0 Å². The highest BCUT2D eigenvalue weighted by Crippen LogP contribution is 2.47. The Labute approximate surface area is 170 Å². The number of nitrogens with zero attached hydrogens (tertiary/aromatic N) is 5. The lowest BCUT2D eigenvalue weighted by atomic mass is 10.0. The molecule has 2 saturated heterocycles. The highest BCUT2D eigenvalue weighted by molar-refractivity contribution is 5.81. The van der Waals surface area contributed by atoms with Crippen molar-refractivity contribution in [2.75, 3.05) is 32.0 Å². The Morgan fingerprint density at radius 1 is 1.31 bits per heavy atom. The minimum Gasteiger partial charge on any atom is -0.382 e. The molecule has 4 rings (SSSR count). The van der Waals surface area contributed by atoms with Gasteiger partial charge in [0.15, 0.2) is 17.3 Å². The molecule has 0 aliphatic carbocycles. The average Bonchev–Trinajstić information content (AvgIpc) is 3.29. The molecule has 0 amide bonds. The number of rotatable bonds is 7. The van der Waals surface area contributed by atoms with Gasteiger partial charge in [-0.25, -0.2) is 15.0 Å². The summed E-state index contributed by atoms with van der Waals surface area (Å²) in [6.07, 6.45) is 3.59. The number of ether oxygens (including phenoxy) is 3. The SMILES string of the molecule is CC(C)N(CCCN)C[C@H]1OC[C@@]2(n3cnc4c(N)ncnc43)OC(C)(C)O[C@H]12. The van der Waals surface area contributed by atoms with Gasteiger partial charge in [-0.3, -0.25) is 9.47 Å². The number of hydrogen-bond donors (Lipinski definition) is 2. The second-order valence-corrected chi connectivity index (χ2v) is 8.51. The first-order valence-corrected chi connectivity index (χ1v) is 10.1. The molecule has 10 nitrogen and oxygen atoms in total. The highest BCUT2D eigenvalue weighted by atomic mass is 16.8. The minimum absolute atomic E-state index is 0.159. The Morgan fingerprint density at radius 2 is 2.10 bits per heavy atom. The molecule has 10 heteroatoms. The van der Waals surface area contributed by atoms with E-state index in [-0.39, 0.29) is 12.2 Å². The zero-order chi connectivity index (χ0) is 20.8. The zero-order valence-corrected chi connectivity index (χ0v) is 17.5. The van der Waals surface area contributed by atoms with Gasteiger partial charge in [-0.15, -0.1) is 0 Å². The van der Waals surface area contributed by atoms with Crippen LogP contribution in [0.1, 0.15) is 34.1 Å². The largest absolute Gasteiger partial charge is 0.382 e. The molecule has 0 bridgehead atoms. The van der Waals surface area contributed by atoms with E-state index in [2.05, 4.69) is 33.7 Å². The fourth-order valence-corrected chi connectivity index (χ4v) is 4.32. The number of fused-ring (bicyclic) bond motifs is 2. The summed E-state index contributed by atoms with van der Waals surface area (Å²) in [5, 5.41) is 0. The van der Waals surface area contributed by atoms with Gasteiger partial charge in [-0.1, -0.05) is 0 Å². The summed E-state index contributed by atoms with van der Waals surface area (Å²) in [5.74, 6) is -0.426. The van der Waals surface area contributed by atoms with Crippen LogP contribution in [-0.4, -0.2) is 74.7 Å². The van der Waals surface area contributed by atoms with Crippen LogP contribution < -0.4 is 11.5 Å². The van der Waals surface area contributed by atoms with Crippen molar-refractivity contribution in [2.45, 2.75) is 63.9 Å². The minimum atomic E-state index is -0.861. The van der Waals surface area contributed by atoms with Crippen molar-refractivity contribution in [2.24, 2.45) is 5.73 Å². The fourth-order valence-electron chi connectivity index (χ4n) is 4.32. The molecule has 0 unspecified atom stereocenters. The maximum Gasteiger partial charge on any atom is 0.203 e. The zero-order valence-electron chi connectivity index (χ0n) is 17.5. The molecular formula is C19H31N7O3. The van der Waals surface area contributed by atoms with E-state index >= 15 is 0 Å². The highest BCUT2D eigenvalue weighted by Gasteiger charge is 2.63. The second kappa shape index (κ2) is 7.44. The van der Waals surface area contributed by atoms with Crippen LogP contribution >= 0.6 is 0 Å². The molecule has 2 aliphatic heterocycles. The molecular weight excluding hydrogens is 374 g/mol. The number of nitrogen functional groups attached to an aromatic ring is 1. The molecule has 2 aromatic rings. The number of nitrogens with two attached hydrogens (primary N) is 2. The number of aromatic nitrogens is 4. The lowest BCUT2D eigenvalue weighted by Gasteiger charge is -2.31. The van der Waals surface area contributed by atoms with Crippen molar-refractivity contribution in [3.63, 3.8) is 0 Å². The number of hydrogen-bond acceptors (Lipinski definition) is 9. The van der Waals surface area contributed by atoms with E-state index in [1.807, 2.05) is 18.4 Å². The predicted octanol–water partition coefficient (Wildman–Crippen LogP) is 0.671. The molecule has 4 heterocycles. The Morgan fingerprint density at radius 3 is 2.83 bits per heavy atom. The van der Waals surface area contributed by atoms with Crippen molar-refractivity contribution in [1.82, 2.24) is 24.4 Å². The van der Waals surface area contributed by atoms with Crippen LogP contribution in [0, 0.1) is 0 Å². The van der Waals surface area contributed by atoms with Gasteiger partial charge in [0, 0.05) is 12.6 Å². The number of anilines is 1. The molecule has 4 N–H and O–H groups in total. The van der Waals surface area contributed by atoms with Gasteiger partial charge in [-0.05, 0) is 47.2 Å². The molecule has 0 aromatic carbocycles. The lowest BCUT2D eigenvalue weighted by Crippen LogP contribution is -2.48. The molecule has 0 radical (unpaired) electrons. The Bertz CT molecular complexity index is 871. The standard InChI is InChI=1S/C19H31N7O3/c1-12(2)25(7-5-6-20)8-13-15-19(9-27-13,29-18(3,4)28-15)26-11-24-14-16(21)22-10-23-17(14)26/h10-13,15H,5-9,20H2,1-4H3,(H2,21,22,23)/t13-,15-,19-/m1/s1. The van der Waals surface area contributed by atoms with E-state index < -0.39 is 11.5 Å². The smallest absolute Gasteiger partial charge is 0.203 e. The second-order valence-electron chi connectivity index (χ2n) is 8.51. The summed E-state index contributed by atoms with van der Waals surface area (Å²) in [7, 11) is 0. The normalized spacial score (nSPS) is 28.7. The topological polar surface area (TPSA) is 127 Å². The van der Waals surface area contributed by atoms with Crippen LogP contribution in [-0.2, 0) is 19.9 Å². The summed E-state index contributed by atoms with van der Waals surface area (Å²) in [6.45, 7) is 10.8. The van der Waals surface area contributed by atoms with Crippen LogP contribution in [0.25, 0.3) is 11.2 Å². The van der Waals surface area contributed by atoms with E-state index in [1.54, 1.807) is 6.33 Å². The van der Waals surface area contributed by atoms with Crippen LogP contribution in [0.2, 0.25) is 0 Å². The Hall–Kier alpha value is -1.85. The lowest BCUT2D eigenvalue weighted by molar-refractivity contribution is -0.205. The summed E-state index contributed by atoms with van der Waals surface area (Å²) in [4.78, 5) is 15.2. The first-order valence-electron chi connectivity index (χ1n) is 10.1. The maximum atomic E-state index is 6.44. The van der Waals surface area contributed by atoms with Crippen molar-refractivity contribution < 1.29 is 14.2 Å². The molecule has 0 spiro atoms. The Balaban J connectivity index is 1.68. The van der Waals surface area contributed by atoms with Crippen LogP contribution in [0.4, 0.5) is 5.82 Å². The molecule has 2 aliphatic rings. The summed E-state index contributed by atoms with van der Waals surface area (Å²) in [5.41, 5.74) is 12.0. The van der Waals surface area contributed by atoms with Crippen LogP contribution in [0.5, 0.6) is 0 Å². The molecule has 2 aromatic heterocycles. The van der Waals surface area contributed by atoms with Gasteiger partial charge >= 0.3 is 0 Å². The van der Waals surface area contributed by atoms with E-state index in [4.69, 9.17) is 25.7 Å². The monoisotopic (exact) mass is 405 g/mol. The average molecular weight is 406 g/mol. The first kappa shape index (κ1) is 20.4. The summed E-state index contributed by atoms with van der Waals surface area (Å²) in [6, 6.07) is 0.372. The predicted molar refractivity (Wildman–Crippen MR) is 108 cm³/mol. The van der Waals surface area contributed by atoms with Gasteiger partial charge in [0.2, 0.25) is 5.72 Å². The third kappa shape index (κ3) is 3.49. The summed E-state index contributed by atoms with van der Waals surface area (Å²) < 4.78 is 20.9. The van der Waals surface area contributed by atoms with Gasteiger partial charge in [0.05, 0.1) is 12.9 Å². The quantitative estimate of drug-likeness (QED) is 0.683. The van der Waals surface area contributed by atoms with E-state index in [1.165, 1.54) is 6.33 Å². The van der Waals surface area contributed by atoms with E-state index in [9.17, 15) is 0 Å². The Kier molecular flexibility index (Phi) is 5.24. The van der Waals surface area contributed by atoms with Gasteiger partial charge in [0.1, 0.15) is 24.1 Å². The van der Waals surface area contributed by atoms with Gasteiger partial charge < -0.3 is 25.7 Å². The van der Waals surface area contributed by atoms with Crippen molar-refractivity contribution in [3.8, 4) is 0 Å². The maximum absolute atomic E-state index is 6.44. The molecule has 0 saturated carbocycles. The van der Waals surface area contributed by atoms with Crippen molar-refractivity contribution in [3.05, 3.63) is 12.7 Å². The third-order valence-corrected chi connectivity index (χ3v) is 5.68. The van der Waals surface area contributed by atoms with Gasteiger partial charge in [0.25, 0.3) is 0 Å². The van der Waals surface area contributed by atoms with Gasteiger partial charge in [-0.2, -0.15) is 0 Å². The van der Waals surface area contributed by atoms with Crippen LogP contribution in [0.15, 0.2) is 12.7 Å². The van der Waals surface area contributed by atoms with Crippen molar-refractivity contribution in [1.29, 1.82) is 0 Å². The molecule has 29 heavy (non-hydrogen) atoms. The van der Waals surface area contributed by atoms with Crippen molar-refractivity contribution >= 4 is 17.0 Å². The molecule has 3 atom stereocenters. The fraction of sp³-hybridized carbons (Fsp3) is 0.737. The molecule has 2 fully saturated rings. The third-order valence-electron chi connectivity index (χ3n) is 5.68. The summed E-state index contributed by atoms with van der Waals surface area (Å²) >= 11 is 0.